The highest BCUT2D eigenvalue weighted by Crippen LogP contribution is 2.18. The fourth-order valence-electron chi connectivity index (χ4n) is 2.71. The lowest BCUT2D eigenvalue weighted by atomic mass is 9.97. The summed E-state index contributed by atoms with van der Waals surface area (Å²) in [6.07, 6.45) is 7.97. The van der Waals surface area contributed by atoms with E-state index in [-0.39, 0.29) is 24.3 Å². The van der Waals surface area contributed by atoms with E-state index in [1.807, 2.05) is 0 Å². The number of ether oxygens (including phenoxy) is 1. The molecule has 0 atom stereocenters. The van der Waals surface area contributed by atoms with Crippen LogP contribution in [0.1, 0.15) is 71.2 Å². The van der Waals surface area contributed by atoms with Crippen molar-refractivity contribution in [2.45, 2.75) is 57.9 Å². The van der Waals surface area contributed by atoms with E-state index in [1.54, 1.807) is 12.1 Å². The van der Waals surface area contributed by atoms with E-state index in [0.717, 1.165) is 37.0 Å². The van der Waals surface area contributed by atoms with E-state index in [9.17, 15) is 14.4 Å². The SMILES string of the molecule is CC(=O)c1ccc(C(=O)OCC(=O)NC2CCCCCCC2)s1. The first-order valence-corrected chi connectivity index (χ1v) is 8.95. The number of rotatable bonds is 5. The monoisotopic (exact) mass is 337 g/mol. The summed E-state index contributed by atoms with van der Waals surface area (Å²) in [6.45, 7) is 1.17. The molecule has 1 amide bonds. The third-order valence-corrected chi connectivity index (χ3v) is 5.12. The van der Waals surface area contributed by atoms with Crippen molar-refractivity contribution in [3.8, 4) is 0 Å². The van der Waals surface area contributed by atoms with E-state index >= 15 is 0 Å². The van der Waals surface area contributed by atoms with Crippen molar-refractivity contribution >= 4 is 29.0 Å². The van der Waals surface area contributed by atoms with Gasteiger partial charge in [0.2, 0.25) is 0 Å². The molecule has 1 aromatic heterocycles. The van der Waals surface area contributed by atoms with E-state index in [4.69, 9.17) is 4.74 Å². The minimum Gasteiger partial charge on any atom is -0.451 e. The molecular formula is C17H23NO4S. The van der Waals surface area contributed by atoms with Crippen LogP contribution in [0.15, 0.2) is 12.1 Å². The average molecular weight is 337 g/mol. The first kappa shape index (κ1) is 17.7. The predicted molar refractivity (Wildman–Crippen MR) is 88.9 cm³/mol. The van der Waals surface area contributed by atoms with E-state index in [2.05, 4.69) is 5.32 Å². The minimum atomic E-state index is -0.560. The summed E-state index contributed by atoms with van der Waals surface area (Å²) in [5.74, 6) is -0.904. The summed E-state index contributed by atoms with van der Waals surface area (Å²) >= 11 is 1.09. The van der Waals surface area contributed by atoms with Crippen LogP contribution in [0.2, 0.25) is 0 Å². The van der Waals surface area contributed by atoms with Crippen LogP contribution in [0, 0.1) is 0 Å². The summed E-state index contributed by atoms with van der Waals surface area (Å²) in [4.78, 5) is 35.9. The molecule has 1 aliphatic rings. The summed E-state index contributed by atoms with van der Waals surface area (Å²) in [7, 11) is 0. The van der Waals surface area contributed by atoms with Crippen molar-refractivity contribution in [2.24, 2.45) is 0 Å². The van der Waals surface area contributed by atoms with Gasteiger partial charge in [-0.2, -0.15) is 0 Å². The van der Waals surface area contributed by atoms with Gasteiger partial charge in [-0.25, -0.2) is 4.79 Å². The number of hydrogen-bond acceptors (Lipinski definition) is 5. The van der Waals surface area contributed by atoms with E-state index in [1.165, 1.54) is 26.2 Å². The number of carbonyl (C=O) groups is 3. The Bertz CT molecular complexity index is 559. The van der Waals surface area contributed by atoms with Gasteiger partial charge < -0.3 is 10.1 Å². The number of amides is 1. The highest BCUT2D eigenvalue weighted by molar-refractivity contribution is 7.15. The molecule has 6 heteroatoms. The van der Waals surface area contributed by atoms with Crippen LogP contribution < -0.4 is 5.32 Å². The van der Waals surface area contributed by atoms with Crippen LogP contribution in [0.4, 0.5) is 0 Å². The Kier molecular flexibility index (Phi) is 6.77. The highest BCUT2D eigenvalue weighted by atomic mass is 32.1. The normalized spacial score (nSPS) is 16.2. The topological polar surface area (TPSA) is 72.5 Å². The number of hydrogen-bond donors (Lipinski definition) is 1. The Morgan fingerprint density at radius 1 is 1.09 bits per heavy atom. The van der Waals surface area contributed by atoms with Crippen LogP contribution in [0.5, 0.6) is 0 Å². The first-order valence-electron chi connectivity index (χ1n) is 8.13. The largest absolute Gasteiger partial charge is 0.451 e. The lowest BCUT2D eigenvalue weighted by Gasteiger charge is -2.20. The molecule has 0 radical (unpaired) electrons. The molecule has 1 saturated carbocycles. The Morgan fingerprint density at radius 3 is 2.30 bits per heavy atom. The lowest BCUT2D eigenvalue weighted by Crippen LogP contribution is -2.38. The van der Waals surface area contributed by atoms with Gasteiger partial charge in [-0.05, 0) is 31.9 Å². The number of Topliss-reactive ketones (excluding diaryl/α,β-unsaturated/α-hetero) is 1. The van der Waals surface area contributed by atoms with Crippen LogP contribution in [0.25, 0.3) is 0 Å². The third-order valence-electron chi connectivity index (χ3n) is 3.96. The highest BCUT2D eigenvalue weighted by Gasteiger charge is 2.17. The molecule has 0 aromatic carbocycles. The molecule has 23 heavy (non-hydrogen) atoms. The van der Waals surface area contributed by atoms with Crippen molar-refractivity contribution in [3.63, 3.8) is 0 Å². The van der Waals surface area contributed by atoms with Crippen molar-refractivity contribution < 1.29 is 19.1 Å². The molecule has 2 rings (SSSR count). The van der Waals surface area contributed by atoms with Crippen molar-refractivity contribution in [3.05, 3.63) is 21.9 Å². The smallest absolute Gasteiger partial charge is 0.348 e. The number of thiophene rings is 1. The van der Waals surface area contributed by atoms with Crippen LogP contribution in [-0.2, 0) is 9.53 Å². The number of nitrogens with one attached hydrogen (secondary N) is 1. The van der Waals surface area contributed by atoms with Crippen LogP contribution in [-0.4, -0.2) is 30.3 Å². The van der Waals surface area contributed by atoms with Gasteiger partial charge >= 0.3 is 5.97 Å². The summed E-state index contributed by atoms with van der Waals surface area (Å²) in [5, 5.41) is 2.95. The van der Waals surface area contributed by atoms with E-state index < -0.39 is 5.97 Å². The molecule has 0 spiro atoms. The van der Waals surface area contributed by atoms with Gasteiger partial charge in [0.1, 0.15) is 4.88 Å². The van der Waals surface area contributed by atoms with Crippen LogP contribution in [0.3, 0.4) is 0 Å². The number of carbonyl (C=O) groups excluding carboxylic acids is 3. The first-order chi connectivity index (χ1) is 11.1. The number of esters is 1. The Morgan fingerprint density at radius 2 is 1.70 bits per heavy atom. The second-order valence-corrected chi connectivity index (χ2v) is 6.99. The Hall–Kier alpha value is -1.69. The van der Waals surface area contributed by atoms with Crippen molar-refractivity contribution in [2.75, 3.05) is 6.61 Å². The zero-order valence-corrected chi connectivity index (χ0v) is 14.2. The maximum Gasteiger partial charge on any atom is 0.348 e. The molecule has 1 heterocycles. The standard InChI is InChI=1S/C17H23NO4S/c1-12(19)14-9-10-15(23-14)17(21)22-11-16(20)18-13-7-5-3-2-4-6-8-13/h9-10,13H,2-8,11H2,1H3,(H,18,20). The van der Waals surface area contributed by atoms with Gasteiger partial charge in [0, 0.05) is 6.04 Å². The molecule has 1 aromatic rings. The summed E-state index contributed by atoms with van der Waals surface area (Å²) < 4.78 is 5.03. The zero-order chi connectivity index (χ0) is 16.7. The molecule has 0 saturated heterocycles. The third kappa shape index (κ3) is 5.78. The van der Waals surface area contributed by atoms with Crippen molar-refractivity contribution in [1.82, 2.24) is 5.32 Å². The average Bonchev–Trinajstić information content (AvgIpc) is 2.97. The van der Waals surface area contributed by atoms with Crippen molar-refractivity contribution in [1.29, 1.82) is 0 Å². The molecule has 1 N–H and O–H groups in total. The molecule has 1 aliphatic carbocycles. The predicted octanol–water partition coefficient (Wildman–Crippen LogP) is 3.34. The Labute approximate surface area is 140 Å². The molecule has 1 fully saturated rings. The summed E-state index contributed by atoms with van der Waals surface area (Å²) in [6, 6.07) is 3.33. The van der Waals surface area contributed by atoms with Gasteiger partial charge in [0.15, 0.2) is 12.4 Å². The molecule has 0 unspecified atom stereocenters. The maximum atomic E-state index is 11.9. The second-order valence-electron chi connectivity index (χ2n) is 5.91. The van der Waals surface area contributed by atoms with Gasteiger partial charge in [-0.3, -0.25) is 9.59 Å². The molecule has 0 bridgehead atoms. The molecule has 0 aliphatic heterocycles. The fraction of sp³-hybridized carbons (Fsp3) is 0.588. The van der Waals surface area contributed by atoms with Gasteiger partial charge in [-0.1, -0.05) is 32.1 Å². The number of ketones is 1. The van der Waals surface area contributed by atoms with Gasteiger partial charge in [0.25, 0.3) is 5.91 Å². The van der Waals surface area contributed by atoms with Gasteiger partial charge in [-0.15, -0.1) is 11.3 Å². The molecular weight excluding hydrogens is 314 g/mol. The molecule has 5 nitrogen and oxygen atoms in total. The second kappa shape index (κ2) is 8.82. The maximum absolute atomic E-state index is 11.9. The molecule has 126 valence electrons. The zero-order valence-electron chi connectivity index (χ0n) is 13.4. The summed E-state index contributed by atoms with van der Waals surface area (Å²) in [5.41, 5.74) is 0. The van der Waals surface area contributed by atoms with Crippen LogP contribution >= 0.6 is 11.3 Å². The van der Waals surface area contributed by atoms with Gasteiger partial charge in [0.05, 0.1) is 4.88 Å². The lowest BCUT2D eigenvalue weighted by molar-refractivity contribution is -0.125. The van der Waals surface area contributed by atoms with E-state index in [0.29, 0.717) is 9.75 Å². The minimum absolute atomic E-state index is 0.0870. The quantitative estimate of drug-likeness (QED) is 0.661. The Balaban J connectivity index is 1.76. The fourth-order valence-corrected chi connectivity index (χ4v) is 3.50.